The van der Waals surface area contributed by atoms with Gasteiger partial charge >= 0.3 is 0 Å². The van der Waals surface area contributed by atoms with Gasteiger partial charge in [-0.1, -0.05) is 18.2 Å². The third kappa shape index (κ3) is 5.13. The highest BCUT2D eigenvalue weighted by atomic mass is 19.1. The minimum Gasteiger partial charge on any atom is -0.337 e. The fourth-order valence-corrected chi connectivity index (χ4v) is 4.45. The molecule has 170 valence electrons. The number of aromatic nitrogens is 1. The molecule has 1 aliphatic rings. The highest BCUT2D eigenvalue weighted by Gasteiger charge is 2.44. The van der Waals surface area contributed by atoms with Crippen LogP contribution in [-0.2, 0) is 22.6 Å². The molecular weight excluding hydrogens is 429 g/mol. The number of likely N-dealkylation sites (tertiary alicyclic amines) is 1. The molecule has 1 saturated heterocycles. The van der Waals surface area contributed by atoms with E-state index < -0.39 is 29.3 Å². The minimum absolute atomic E-state index is 0.0122. The summed E-state index contributed by atoms with van der Waals surface area (Å²) in [6.07, 6.45) is 3.10. The van der Waals surface area contributed by atoms with Gasteiger partial charge in [0.15, 0.2) is 0 Å². The van der Waals surface area contributed by atoms with Crippen LogP contribution in [0, 0.1) is 30.3 Å². The number of carbonyl (C=O) groups is 2. The summed E-state index contributed by atoms with van der Waals surface area (Å²) in [6, 6.07) is 11.6. The van der Waals surface area contributed by atoms with Crippen LogP contribution in [0.2, 0.25) is 0 Å². The average Bonchev–Trinajstić information content (AvgIpc) is 3.05. The van der Waals surface area contributed by atoms with Gasteiger partial charge in [-0.25, -0.2) is 13.2 Å². The lowest BCUT2D eigenvalue weighted by Crippen LogP contribution is -2.28. The van der Waals surface area contributed by atoms with E-state index in [1.807, 2.05) is 6.07 Å². The Kier molecular flexibility index (Phi) is 6.58. The molecule has 2 aromatic carbocycles. The smallest absolute Gasteiger partial charge is 0.227 e. The zero-order valence-corrected chi connectivity index (χ0v) is 18.1. The summed E-state index contributed by atoms with van der Waals surface area (Å²) >= 11 is 0. The highest BCUT2D eigenvalue weighted by molar-refractivity contribution is 5.90. The topological polar surface area (TPSA) is 50.3 Å². The number of hydrogen-bond donors (Lipinski definition) is 0. The summed E-state index contributed by atoms with van der Waals surface area (Å²) in [4.78, 5) is 31.6. The van der Waals surface area contributed by atoms with E-state index in [9.17, 15) is 22.8 Å². The standard InChI is InChI=1S/C26H23F3N2O2/c1-16-9-23(28)25(24(29)10-16)22-15-31(14-18-3-2-8-30-13-18)26(33)21(22)12-20(32)11-17-4-6-19(27)7-5-17/h2-10,13,21-22H,11-12,14-15H2,1H3/t21-,22+/m0/s1. The van der Waals surface area contributed by atoms with Crippen LogP contribution in [0.3, 0.4) is 0 Å². The van der Waals surface area contributed by atoms with E-state index in [1.165, 1.54) is 41.3 Å². The Labute approximate surface area is 190 Å². The lowest BCUT2D eigenvalue weighted by molar-refractivity contribution is -0.134. The molecular formula is C26H23F3N2O2. The number of rotatable bonds is 7. The second-order valence-corrected chi connectivity index (χ2v) is 8.48. The molecule has 0 unspecified atom stereocenters. The molecule has 1 amide bonds. The van der Waals surface area contributed by atoms with Crippen LogP contribution >= 0.6 is 0 Å². The number of aryl methyl sites for hydroxylation is 1. The predicted octanol–water partition coefficient (Wildman–Crippen LogP) is 4.75. The van der Waals surface area contributed by atoms with E-state index in [2.05, 4.69) is 4.98 Å². The molecule has 0 bridgehead atoms. The summed E-state index contributed by atoms with van der Waals surface area (Å²) < 4.78 is 42.8. The maximum atomic E-state index is 14.8. The van der Waals surface area contributed by atoms with Gasteiger partial charge in [-0.05, 0) is 53.9 Å². The number of carbonyl (C=O) groups excluding carboxylic acids is 2. The van der Waals surface area contributed by atoms with Crippen molar-refractivity contribution >= 4 is 11.7 Å². The molecule has 7 heteroatoms. The number of Topliss-reactive ketones (excluding diaryl/α,β-unsaturated/α-hetero) is 1. The number of amides is 1. The molecule has 3 aromatic rings. The van der Waals surface area contributed by atoms with Gasteiger partial charge in [-0.15, -0.1) is 0 Å². The lowest BCUT2D eigenvalue weighted by Gasteiger charge is -2.18. The molecule has 4 rings (SSSR count). The number of ketones is 1. The van der Waals surface area contributed by atoms with Crippen molar-refractivity contribution in [2.24, 2.45) is 5.92 Å². The zero-order valence-electron chi connectivity index (χ0n) is 18.1. The van der Waals surface area contributed by atoms with E-state index in [1.54, 1.807) is 25.4 Å². The van der Waals surface area contributed by atoms with Gasteiger partial charge in [0.25, 0.3) is 0 Å². The molecule has 2 atom stereocenters. The summed E-state index contributed by atoms with van der Waals surface area (Å²) in [5, 5.41) is 0. The maximum Gasteiger partial charge on any atom is 0.227 e. The SMILES string of the molecule is Cc1cc(F)c([C@@H]2CN(Cc3cccnc3)C(=O)[C@H]2CC(=O)Cc2ccc(F)cc2)c(F)c1. The number of nitrogens with zero attached hydrogens (tertiary/aromatic N) is 2. The van der Waals surface area contributed by atoms with Crippen LogP contribution in [0.25, 0.3) is 0 Å². The first-order valence-corrected chi connectivity index (χ1v) is 10.7. The normalized spacial score (nSPS) is 18.1. The van der Waals surface area contributed by atoms with Gasteiger partial charge in [0.1, 0.15) is 23.2 Å². The van der Waals surface area contributed by atoms with Crippen molar-refractivity contribution in [3.63, 3.8) is 0 Å². The molecule has 4 nitrogen and oxygen atoms in total. The van der Waals surface area contributed by atoms with Crippen LogP contribution in [0.4, 0.5) is 13.2 Å². The number of halogens is 3. The second kappa shape index (κ2) is 9.57. The molecule has 0 aliphatic carbocycles. The molecule has 2 heterocycles. The summed E-state index contributed by atoms with van der Waals surface area (Å²) in [7, 11) is 0. The zero-order chi connectivity index (χ0) is 23.5. The van der Waals surface area contributed by atoms with Crippen molar-refractivity contribution in [2.45, 2.75) is 32.2 Å². The number of pyridine rings is 1. The van der Waals surface area contributed by atoms with Crippen molar-refractivity contribution in [1.29, 1.82) is 0 Å². The van der Waals surface area contributed by atoms with Gasteiger partial charge in [-0.2, -0.15) is 0 Å². The maximum absolute atomic E-state index is 14.8. The van der Waals surface area contributed by atoms with Crippen LogP contribution in [0.5, 0.6) is 0 Å². The largest absolute Gasteiger partial charge is 0.337 e. The molecule has 33 heavy (non-hydrogen) atoms. The second-order valence-electron chi connectivity index (χ2n) is 8.48. The molecule has 1 aromatic heterocycles. The van der Waals surface area contributed by atoms with Crippen LogP contribution in [-0.4, -0.2) is 28.1 Å². The summed E-state index contributed by atoms with van der Waals surface area (Å²) in [5.41, 5.74) is 1.67. The molecule has 0 radical (unpaired) electrons. The summed E-state index contributed by atoms with van der Waals surface area (Å²) in [6.45, 7) is 1.92. The third-order valence-electron chi connectivity index (χ3n) is 5.98. The molecule has 1 aliphatic heterocycles. The van der Waals surface area contributed by atoms with Crippen molar-refractivity contribution in [3.05, 3.63) is 101 Å². The van der Waals surface area contributed by atoms with Gasteiger partial charge < -0.3 is 4.90 Å². The van der Waals surface area contributed by atoms with E-state index in [0.717, 1.165) is 5.56 Å². The third-order valence-corrected chi connectivity index (χ3v) is 5.98. The molecule has 1 fully saturated rings. The fourth-order valence-electron chi connectivity index (χ4n) is 4.45. The highest BCUT2D eigenvalue weighted by Crippen LogP contribution is 2.39. The average molecular weight is 452 g/mol. The van der Waals surface area contributed by atoms with Crippen LogP contribution in [0.1, 0.15) is 34.6 Å². The lowest BCUT2D eigenvalue weighted by atomic mass is 9.83. The Morgan fingerprint density at radius 2 is 1.76 bits per heavy atom. The summed E-state index contributed by atoms with van der Waals surface area (Å²) in [5.74, 6) is -4.10. The number of hydrogen-bond acceptors (Lipinski definition) is 3. The first-order valence-electron chi connectivity index (χ1n) is 10.7. The van der Waals surface area contributed by atoms with Crippen molar-refractivity contribution in [3.8, 4) is 0 Å². The first kappa shape index (κ1) is 22.7. The van der Waals surface area contributed by atoms with Gasteiger partial charge in [0.05, 0.1) is 5.92 Å². The van der Waals surface area contributed by atoms with Gasteiger partial charge in [0, 0.05) is 49.8 Å². The Hall–Kier alpha value is -3.48. The van der Waals surface area contributed by atoms with Gasteiger partial charge in [0.2, 0.25) is 5.91 Å². The first-order chi connectivity index (χ1) is 15.8. The van der Waals surface area contributed by atoms with Crippen molar-refractivity contribution < 1.29 is 22.8 Å². The van der Waals surface area contributed by atoms with E-state index in [-0.39, 0.29) is 43.2 Å². The molecule has 0 spiro atoms. The molecule has 0 N–H and O–H groups in total. The monoisotopic (exact) mass is 452 g/mol. The minimum atomic E-state index is -0.888. The van der Waals surface area contributed by atoms with Crippen molar-refractivity contribution in [2.75, 3.05) is 6.54 Å². The Morgan fingerprint density at radius 3 is 2.39 bits per heavy atom. The predicted molar refractivity (Wildman–Crippen MR) is 117 cm³/mol. The fraction of sp³-hybridized carbons (Fsp3) is 0.269. The van der Waals surface area contributed by atoms with E-state index in [0.29, 0.717) is 11.1 Å². The van der Waals surface area contributed by atoms with Gasteiger partial charge in [-0.3, -0.25) is 14.6 Å². The van der Waals surface area contributed by atoms with E-state index >= 15 is 0 Å². The quantitative estimate of drug-likeness (QED) is 0.520. The Balaban J connectivity index is 1.61. The van der Waals surface area contributed by atoms with E-state index in [4.69, 9.17) is 0 Å². The Bertz CT molecular complexity index is 1140. The molecule has 0 saturated carbocycles. The van der Waals surface area contributed by atoms with Crippen LogP contribution in [0.15, 0.2) is 60.9 Å². The van der Waals surface area contributed by atoms with Crippen molar-refractivity contribution in [1.82, 2.24) is 9.88 Å². The number of benzene rings is 2. The Morgan fingerprint density at radius 1 is 1.06 bits per heavy atom. The van der Waals surface area contributed by atoms with Crippen LogP contribution < -0.4 is 0 Å².